The van der Waals surface area contributed by atoms with E-state index < -0.39 is 0 Å². The van der Waals surface area contributed by atoms with E-state index in [4.69, 9.17) is 0 Å². The fourth-order valence-electron chi connectivity index (χ4n) is 2.10. The van der Waals surface area contributed by atoms with Gasteiger partial charge in [0.2, 0.25) is 0 Å². The molecule has 0 bridgehead atoms. The first kappa shape index (κ1) is 16.4. The molecular weight excluding hydrogens is 384 g/mol. The maximum Gasteiger partial charge on any atom is 0.196 e. The lowest BCUT2D eigenvalue weighted by molar-refractivity contribution is 1.28. The van der Waals surface area contributed by atoms with Crippen molar-refractivity contribution in [2.24, 2.45) is 5.10 Å². The molecule has 3 rings (SSSR count). The van der Waals surface area contributed by atoms with Crippen LogP contribution in [0.25, 0.3) is 11.3 Å². The molecule has 0 aliphatic carbocycles. The average Bonchev–Trinajstić information content (AvgIpc) is 3.07. The Morgan fingerprint density at radius 2 is 2.08 bits per heavy atom. The highest BCUT2D eigenvalue weighted by atomic mass is 79.9. The van der Waals surface area contributed by atoms with Crippen molar-refractivity contribution < 1.29 is 0 Å². The minimum absolute atomic E-state index is 0.268. The van der Waals surface area contributed by atoms with E-state index >= 15 is 0 Å². The molecule has 24 heavy (non-hydrogen) atoms. The average molecular weight is 397 g/mol. The van der Waals surface area contributed by atoms with Gasteiger partial charge in [-0.1, -0.05) is 46.3 Å². The minimum Gasteiger partial charge on any atom is -0.277 e. The van der Waals surface area contributed by atoms with Crippen LogP contribution in [-0.2, 0) is 0 Å². The number of thiazole rings is 1. The van der Waals surface area contributed by atoms with Crippen LogP contribution in [0.2, 0.25) is 0 Å². The van der Waals surface area contributed by atoms with Crippen LogP contribution in [0.5, 0.6) is 0 Å². The lowest BCUT2D eigenvalue weighted by atomic mass is 10.2. The number of benzene rings is 2. The highest BCUT2D eigenvalue weighted by Crippen LogP contribution is 2.25. The predicted octanol–water partition coefficient (Wildman–Crippen LogP) is 5.22. The first-order valence-electron chi connectivity index (χ1n) is 7.18. The van der Waals surface area contributed by atoms with Crippen LogP contribution in [0.1, 0.15) is 10.6 Å². The van der Waals surface area contributed by atoms with E-state index in [0.717, 1.165) is 27.0 Å². The summed E-state index contributed by atoms with van der Waals surface area (Å²) in [7, 11) is 0. The van der Waals surface area contributed by atoms with Crippen molar-refractivity contribution in [3.63, 3.8) is 0 Å². The molecule has 0 fully saturated rings. The zero-order valence-corrected chi connectivity index (χ0v) is 15.2. The standard InChI is InChI=1S/C18H13BrN4S/c1-12-5-2-3-8-15(12)22-23-16(10-20)18-21-17(11-24-18)13-6-4-7-14(19)9-13/h2-9,11,22H,1H3/b23-16+. The zero-order valence-electron chi connectivity index (χ0n) is 12.8. The van der Waals surface area contributed by atoms with Crippen LogP contribution in [-0.4, -0.2) is 10.7 Å². The summed E-state index contributed by atoms with van der Waals surface area (Å²) in [5.74, 6) is 0. The summed E-state index contributed by atoms with van der Waals surface area (Å²) < 4.78 is 0.991. The molecular formula is C18H13BrN4S. The Kier molecular flexibility index (Phi) is 5.04. The Morgan fingerprint density at radius 3 is 2.83 bits per heavy atom. The van der Waals surface area contributed by atoms with Crippen molar-refractivity contribution in [3.8, 4) is 17.3 Å². The van der Waals surface area contributed by atoms with Crippen molar-refractivity contribution in [2.75, 3.05) is 5.43 Å². The van der Waals surface area contributed by atoms with E-state index in [0.29, 0.717) is 5.01 Å². The first-order valence-corrected chi connectivity index (χ1v) is 8.86. The van der Waals surface area contributed by atoms with Crippen LogP contribution >= 0.6 is 27.3 Å². The molecule has 3 aromatic rings. The fraction of sp³-hybridized carbons (Fsp3) is 0.0556. The largest absolute Gasteiger partial charge is 0.277 e. The molecule has 0 amide bonds. The third-order valence-electron chi connectivity index (χ3n) is 3.37. The second-order valence-electron chi connectivity index (χ2n) is 5.05. The summed E-state index contributed by atoms with van der Waals surface area (Å²) in [5.41, 5.74) is 6.97. The smallest absolute Gasteiger partial charge is 0.196 e. The number of aryl methyl sites for hydroxylation is 1. The normalized spacial score (nSPS) is 11.1. The SMILES string of the molecule is Cc1ccccc1N/N=C(\C#N)c1nc(-c2cccc(Br)c2)cs1. The van der Waals surface area contributed by atoms with Crippen LogP contribution < -0.4 is 5.43 Å². The molecule has 4 nitrogen and oxygen atoms in total. The first-order chi connectivity index (χ1) is 11.7. The number of anilines is 1. The second kappa shape index (κ2) is 7.39. The van der Waals surface area contributed by atoms with Crippen molar-refractivity contribution in [2.45, 2.75) is 6.92 Å². The van der Waals surface area contributed by atoms with E-state index in [9.17, 15) is 5.26 Å². The lowest BCUT2D eigenvalue weighted by Gasteiger charge is -2.03. The van der Waals surface area contributed by atoms with Gasteiger partial charge in [-0.3, -0.25) is 5.43 Å². The summed E-state index contributed by atoms with van der Waals surface area (Å²) >= 11 is 4.86. The van der Waals surface area contributed by atoms with Crippen molar-refractivity contribution in [1.82, 2.24) is 4.98 Å². The Bertz CT molecular complexity index is 940. The molecule has 0 unspecified atom stereocenters. The van der Waals surface area contributed by atoms with Crippen LogP contribution in [0.15, 0.2) is 63.5 Å². The molecule has 0 aliphatic rings. The van der Waals surface area contributed by atoms with Gasteiger partial charge >= 0.3 is 0 Å². The van der Waals surface area contributed by atoms with Gasteiger partial charge < -0.3 is 0 Å². The number of nitrogens with zero attached hydrogens (tertiary/aromatic N) is 3. The Balaban J connectivity index is 1.86. The maximum absolute atomic E-state index is 9.39. The number of halogens is 1. The number of nitriles is 1. The molecule has 1 N–H and O–H groups in total. The van der Waals surface area contributed by atoms with Gasteiger partial charge in [0.1, 0.15) is 6.07 Å². The predicted molar refractivity (Wildman–Crippen MR) is 102 cm³/mol. The number of hydrogen-bond donors (Lipinski definition) is 1. The van der Waals surface area contributed by atoms with Crippen LogP contribution in [0.4, 0.5) is 5.69 Å². The number of hydrazone groups is 1. The molecule has 6 heteroatoms. The third kappa shape index (κ3) is 3.70. The summed E-state index contributed by atoms with van der Waals surface area (Å²) in [6, 6.07) is 17.8. The van der Waals surface area contributed by atoms with Gasteiger partial charge in [-0.05, 0) is 30.7 Å². The molecule has 0 saturated heterocycles. The van der Waals surface area contributed by atoms with Crippen LogP contribution in [0, 0.1) is 18.3 Å². The van der Waals surface area contributed by atoms with E-state index in [1.165, 1.54) is 11.3 Å². The molecule has 1 aromatic heterocycles. The van der Waals surface area contributed by atoms with Gasteiger partial charge in [-0.15, -0.1) is 11.3 Å². The summed E-state index contributed by atoms with van der Waals surface area (Å²) in [6.45, 7) is 1.98. The van der Waals surface area contributed by atoms with E-state index in [2.05, 4.69) is 37.5 Å². The quantitative estimate of drug-likeness (QED) is 0.485. The van der Waals surface area contributed by atoms with E-state index in [1.807, 2.05) is 60.8 Å². The van der Waals surface area contributed by atoms with Gasteiger partial charge in [-0.25, -0.2) is 4.98 Å². The molecule has 0 atom stereocenters. The highest BCUT2D eigenvalue weighted by molar-refractivity contribution is 9.10. The third-order valence-corrected chi connectivity index (χ3v) is 4.71. The molecule has 0 saturated carbocycles. The summed E-state index contributed by atoms with van der Waals surface area (Å²) in [5, 5.41) is 16.1. The highest BCUT2D eigenvalue weighted by Gasteiger charge is 2.11. The second-order valence-corrected chi connectivity index (χ2v) is 6.82. The molecule has 118 valence electrons. The zero-order chi connectivity index (χ0) is 16.9. The molecule has 0 spiro atoms. The lowest BCUT2D eigenvalue weighted by Crippen LogP contribution is -2.02. The number of aromatic nitrogens is 1. The Hall–Kier alpha value is -2.49. The van der Waals surface area contributed by atoms with Gasteiger partial charge in [0.05, 0.1) is 11.4 Å². The van der Waals surface area contributed by atoms with Gasteiger partial charge in [0.15, 0.2) is 10.7 Å². The van der Waals surface area contributed by atoms with Crippen LogP contribution in [0.3, 0.4) is 0 Å². The fourth-order valence-corrected chi connectivity index (χ4v) is 3.26. The Morgan fingerprint density at radius 1 is 1.25 bits per heavy atom. The van der Waals surface area contributed by atoms with Crippen molar-refractivity contribution in [1.29, 1.82) is 5.26 Å². The van der Waals surface area contributed by atoms with Gasteiger partial charge in [0, 0.05) is 15.4 Å². The van der Waals surface area contributed by atoms with Gasteiger partial charge in [0.25, 0.3) is 0 Å². The number of para-hydroxylation sites is 1. The van der Waals surface area contributed by atoms with Crippen molar-refractivity contribution >= 4 is 38.7 Å². The monoisotopic (exact) mass is 396 g/mol. The maximum atomic E-state index is 9.39. The topological polar surface area (TPSA) is 61.1 Å². The number of rotatable bonds is 4. The van der Waals surface area contributed by atoms with Gasteiger partial charge in [-0.2, -0.15) is 10.4 Å². The minimum atomic E-state index is 0.268. The summed E-state index contributed by atoms with van der Waals surface area (Å²) in [4.78, 5) is 4.53. The van der Waals surface area contributed by atoms with Crippen molar-refractivity contribution in [3.05, 3.63) is 69.0 Å². The van der Waals surface area contributed by atoms with E-state index in [1.54, 1.807) is 0 Å². The summed E-state index contributed by atoms with van der Waals surface area (Å²) in [6.07, 6.45) is 0. The molecule has 1 heterocycles. The molecule has 0 aliphatic heterocycles. The molecule has 2 aromatic carbocycles. The number of nitrogens with one attached hydrogen (secondary N) is 1. The molecule has 0 radical (unpaired) electrons. The Labute approximate surface area is 152 Å². The van der Waals surface area contributed by atoms with E-state index in [-0.39, 0.29) is 5.71 Å². The number of hydrogen-bond acceptors (Lipinski definition) is 5.